The molecular weight excluding hydrogens is 236 g/mol. The van der Waals surface area contributed by atoms with Gasteiger partial charge in [-0.25, -0.2) is 8.42 Å². The molecule has 94 valence electrons. The fourth-order valence-corrected chi connectivity index (χ4v) is 3.33. The molecule has 1 aliphatic heterocycles. The summed E-state index contributed by atoms with van der Waals surface area (Å²) in [6.07, 6.45) is 1.72. The van der Waals surface area contributed by atoms with Crippen LogP contribution in [0.25, 0.3) is 0 Å². The SMILES string of the molecule is Cc1cc(CNC2C=CS(=O)(=O)C2)c(C)n1C. The van der Waals surface area contributed by atoms with Crippen LogP contribution in [0.15, 0.2) is 17.6 Å². The number of aryl methyl sites for hydroxylation is 1. The second kappa shape index (κ2) is 4.31. The summed E-state index contributed by atoms with van der Waals surface area (Å²) in [7, 11) is -0.925. The van der Waals surface area contributed by atoms with Gasteiger partial charge >= 0.3 is 0 Å². The molecule has 1 unspecified atom stereocenters. The van der Waals surface area contributed by atoms with Crippen LogP contribution in [-0.2, 0) is 23.4 Å². The van der Waals surface area contributed by atoms with Crippen molar-refractivity contribution < 1.29 is 8.42 Å². The van der Waals surface area contributed by atoms with Crippen molar-refractivity contribution in [1.82, 2.24) is 9.88 Å². The Labute approximate surface area is 102 Å². The highest BCUT2D eigenvalue weighted by molar-refractivity contribution is 7.94. The zero-order valence-electron chi connectivity index (χ0n) is 10.4. The summed E-state index contributed by atoms with van der Waals surface area (Å²) in [5.41, 5.74) is 3.66. The molecule has 0 fully saturated rings. The average Bonchev–Trinajstić information content (AvgIpc) is 2.71. The van der Waals surface area contributed by atoms with Crippen LogP contribution >= 0.6 is 0 Å². The smallest absolute Gasteiger partial charge is 0.173 e. The van der Waals surface area contributed by atoms with E-state index >= 15 is 0 Å². The number of sulfone groups is 1. The number of hydrogen-bond donors (Lipinski definition) is 1. The fourth-order valence-electron chi connectivity index (χ4n) is 2.06. The molecule has 0 aliphatic carbocycles. The van der Waals surface area contributed by atoms with Crippen LogP contribution in [-0.4, -0.2) is 24.8 Å². The number of aromatic nitrogens is 1. The third-order valence-electron chi connectivity index (χ3n) is 3.36. The van der Waals surface area contributed by atoms with Crippen LogP contribution in [0, 0.1) is 13.8 Å². The Bertz CT molecular complexity index is 555. The van der Waals surface area contributed by atoms with Crippen molar-refractivity contribution in [3.63, 3.8) is 0 Å². The van der Waals surface area contributed by atoms with E-state index in [2.05, 4.69) is 29.8 Å². The van der Waals surface area contributed by atoms with Crippen molar-refractivity contribution in [3.05, 3.63) is 34.5 Å². The van der Waals surface area contributed by atoms with Gasteiger partial charge in [-0.15, -0.1) is 0 Å². The molecule has 4 nitrogen and oxygen atoms in total. The van der Waals surface area contributed by atoms with Crippen molar-refractivity contribution in [2.45, 2.75) is 26.4 Å². The minimum Gasteiger partial charge on any atom is -0.352 e. The van der Waals surface area contributed by atoms with Gasteiger partial charge in [-0.3, -0.25) is 0 Å². The zero-order chi connectivity index (χ0) is 12.6. The van der Waals surface area contributed by atoms with Crippen molar-refractivity contribution >= 4 is 9.84 Å². The summed E-state index contributed by atoms with van der Waals surface area (Å²) in [4.78, 5) is 0. The molecule has 0 spiro atoms. The van der Waals surface area contributed by atoms with E-state index in [1.165, 1.54) is 22.4 Å². The lowest BCUT2D eigenvalue weighted by atomic mass is 10.2. The third-order valence-corrected chi connectivity index (χ3v) is 4.76. The minimum atomic E-state index is -2.96. The van der Waals surface area contributed by atoms with Gasteiger partial charge in [-0.2, -0.15) is 0 Å². The largest absolute Gasteiger partial charge is 0.352 e. The summed E-state index contributed by atoms with van der Waals surface area (Å²) in [6.45, 7) is 4.85. The van der Waals surface area contributed by atoms with E-state index in [0.29, 0.717) is 6.54 Å². The second-order valence-corrected chi connectivity index (χ2v) is 6.53. The van der Waals surface area contributed by atoms with E-state index in [1.807, 2.05) is 7.05 Å². The first kappa shape index (κ1) is 12.4. The molecule has 1 aromatic heterocycles. The molecule has 1 atom stereocenters. The summed E-state index contributed by atoms with van der Waals surface area (Å²) < 4.78 is 24.6. The van der Waals surface area contributed by atoms with E-state index < -0.39 is 9.84 Å². The molecular formula is C12H18N2O2S. The maximum absolute atomic E-state index is 11.2. The Hall–Kier alpha value is -1.07. The van der Waals surface area contributed by atoms with Crippen molar-refractivity contribution in [1.29, 1.82) is 0 Å². The maximum Gasteiger partial charge on any atom is 0.173 e. The number of nitrogens with one attached hydrogen (secondary N) is 1. The third kappa shape index (κ3) is 2.61. The number of nitrogens with zero attached hydrogens (tertiary/aromatic N) is 1. The van der Waals surface area contributed by atoms with Crippen LogP contribution < -0.4 is 5.32 Å². The maximum atomic E-state index is 11.2. The molecule has 1 aliphatic rings. The Morgan fingerprint density at radius 1 is 1.47 bits per heavy atom. The Morgan fingerprint density at radius 3 is 2.65 bits per heavy atom. The molecule has 5 heteroatoms. The molecule has 1 N–H and O–H groups in total. The topological polar surface area (TPSA) is 51.1 Å². The predicted molar refractivity (Wildman–Crippen MR) is 68.4 cm³/mol. The molecule has 0 saturated carbocycles. The van der Waals surface area contributed by atoms with Gasteiger partial charge in [0.25, 0.3) is 0 Å². The molecule has 0 radical (unpaired) electrons. The molecule has 2 heterocycles. The van der Waals surface area contributed by atoms with Gasteiger partial charge in [-0.05, 0) is 25.5 Å². The highest BCUT2D eigenvalue weighted by Crippen LogP contribution is 2.14. The Kier molecular flexibility index (Phi) is 3.14. The zero-order valence-corrected chi connectivity index (χ0v) is 11.2. The van der Waals surface area contributed by atoms with Gasteiger partial charge in [-0.1, -0.05) is 6.08 Å². The Balaban J connectivity index is 2.00. The molecule has 0 bridgehead atoms. The lowest BCUT2D eigenvalue weighted by Crippen LogP contribution is -2.29. The van der Waals surface area contributed by atoms with E-state index in [4.69, 9.17) is 0 Å². The van der Waals surface area contributed by atoms with Gasteiger partial charge < -0.3 is 9.88 Å². The van der Waals surface area contributed by atoms with Gasteiger partial charge in [0, 0.05) is 36.4 Å². The normalized spacial score (nSPS) is 22.2. The van der Waals surface area contributed by atoms with Crippen molar-refractivity contribution in [2.75, 3.05) is 5.75 Å². The summed E-state index contributed by atoms with van der Waals surface area (Å²) in [5.74, 6) is 0.178. The highest BCUT2D eigenvalue weighted by atomic mass is 32.2. The number of hydrogen-bond acceptors (Lipinski definition) is 3. The standard InChI is InChI=1S/C12H18N2O2S/c1-9-6-11(10(2)14(9)3)7-13-12-4-5-17(15,16)8-12/h4-6,12-13H,7-8H2,1-3H3. The molecule has 2 rings (SSSR count). The minimum absolute atomic E-state index is 0.0556. The number of rotatable bonds is 3. The van der Waals surface area contributed by atoms with Crippen LogP contribution in [0.4, 0.5) is 0 Å². The summed E-state index contributed by atoms with van der Waals surface area (Å²) in [5, 5.41) is 4.55. The van der Waals surface area contributed by atoms with E-state index in [9.17, 15) is 8.42 Å². The Morgan fingerprint density at radius 2 is 2.18 bits per heavy atom. The van der Waals surface area contributed by atoms with E-state index in [1.54, 1.807) is 6.08 Å². The molecule has 17 heavy (non-hydrogen) atoms. The first-order chi connectivity index (χ1) is 7.89. The molecule has 0 amide bonds. The van der Waals surface area contributed by atoms with E-state index in [-0.39, 0.29) is 11.8 Å². The van der Waals surface area contributed by atoms with E-state index in [0.717, 1.165) is 0 Å². The van der Waals surface area contributed by atoms with Crippen LogP contribution in [0.2, 0.25) is 0 Å². The quantitative estimate of drug-likeness (QED) is 0.877. The lowest BCUT2D eigenvalue weighted by Gasteiger charge is -2.09. The van der Waals surface area contributed by atoms with Gasteiger partial charge in [0.1, 0.15) is 0 Å². The second-order valence-electron chi connectivity index (χ2n) is 4.60. The van der Waals surface area contributed by atoms with Crippen LogP contribution in [0.3, 0.4) is 0 Å². The van der Waals surface area contributed by atoms with Crippen molar-refractivity contribution in [2.24, 2.45) is 7.05 Å². The molecule has 0 saturated heterocycles. The first-order valence-corrected chi connectivity index (χ1v) is 7.37. The molecule has 0 aromatic carbocycles. The van der Waals surface area contributed by atoms with Crippen molar-refractivity contribution in [3.8, 4) is 0 Å². The van der Waals surface area contributed by atoms with Gasteiger partial charge in [0.05, 0.1) is 5.75 Å². The fraction of sp³-hybridized carbons (Fsp3) is 0.500. The van der Waals surface area contributed by atoms with Crippen LogP contribution in [0.1, 0.15) is 17.0 Å². The van der Waals surface area contributed by atoms with Crippen LogP contribution in [0.5, 0.6) is 0 Å². The highest BCUT2D eigenvalue weighted by Gasteiger charge is 2.21. The monoisotopic (exact) mass is 254 g/mol. The first-order valence-electron chi connectivity index (χ1n) is 5.65. The van der Waals surface area contributed by atoms with Gasteiger partial charge in [0.15, 0.2) is 9.84 Å². The lowest BCUT2D eigenvalue weighted by molar-refractivity contribution is 0.590. The van der Waals surface area contributed by atoms with Gasteiger partial charge in [0.2, 0.25) is 0 Å². The summed E-state index contributed by atoms with van der Waals surface area (Å²) >= 11 is 0. The predicted octanol–water partition coefficient (Wildman–Crippen LogP) is 1.04. The summed E-state index contributed by atoms with van der Waals surface area (Å²) in [6, 6.07) is 2.08. The molecule has 1 aromatic rings. The average molecular weight is 254 g/mol.